The van der Waals surface area contributed by atoms with E-state index < -0.39 is 0 Å². The number of aryl methyl sites for hydroxylation is 3. The first-order chi connectivity index (χ1) is 49.3. The van der Waals surface area contributed by atoms with Crippen molar-refractivity contribution in [3.8, 4) is 73.3 Å². The first kappa shape index (κ1) is 55.3. The molecule has 6 nitrogen and oxygen atoms in total. The number of nitrogens with zero attached hydrogens (tertiary/aromatic N) is 5. The smallest absolute Gasteiger partial charge is 0.256 e. The lowest BCUT2D eigenvalue weighted by Gasteiger charge is -2.34. The Morgan fingerprint density at radius 1 is 0.260 bits per heavy atom. The van der Waals surface area contributed by atoms with Gasteiger partial charge in [-0.2, -0.15) is 0 Å². The van der Waals surface area contributed by atoms with Crippen LogP contribution >= 0.6 is 0 Å². The maximum Gasteiger partial charge on any atom is 0.256 e. The molecule has 0 amide bonds. The van der Waals surface area contributed by atoms with Crippen LogP contribution in [0.4, 0.5) is 0 Å². The Kier molecular flexibility index (Phi) is 11.4. The standard InChI is InChI=1S/C93H60BN5O/c1-55-45-56(2)91(57(3)46-55)59-37-44-89-77(47-59)94-78-54-64(98-84-36-20-14-30-72(84)74-51-62(39-42-86(74)98)96-81-33-17-11-27-69(81)70-28-12-18-34-82(70)96)53-76-75-52-63(40-43-87(75)99(93(76)78)88-48-60(49-90(100-89)92(88)94)66-24-8-7-23-65(66)58-21-5-4-6-22-58)97-83-35-19-13-29-71(83)73-50-61(38-41-85(73)97)95-79-31-15-9-25-67(79)68-26-10-16-32-80(68)95/h4-54H,1-3H3. The van der Waals surface area contributed by atoms with E-state index in [1.807, 2.05) is 0 Å². The van der Waals surface area contributed by atoms with Gasteiger partial charge in [-0.05, 0) is 203 Å². The summed E-state index contributed by atoms with van der Waals surface area (Å²) in [5, 5.41) is 12.2. The van der Waals surface area contributed by atoms with Crippen molar-refractivity contribution in [3.05, 3.63) is 326 Å². The van der Waals surface area contributed by atoms with Gasteiger partial charge in [-0.15, -0.1) is 0 Å². The summed E-state index contributed by atoms with van der Waals surface area (Å²) in [4.78, 5) is 0. The highest BCUT2D eigenvalue weighted by Gasteiger charge is 2.42. The molecule has 0 spiro atoms. The number of hydrogen-bond donors (Lipinski definition) is 0. The molecular formula is C93H60BN5O. The molecule has 0 saturated heterocycles. The monoisotopic (exact) mass is 1270 g/mol. The topological polar surface area (TPSA) is 33.9 Å². The molecule has 7 heteroatoms. The highest BCUT2D eigenvalue weighted by Crippen LogP contribution is 2.47. The van der Waals surface area contributed by atoms with Crippen molar-refractivity contribution in [1.82, 2.24) is 22.8 Å². The van der Waals surface area contributed by atoms with Crippen LogP contribution in [0.1, 0.15) is 16.7 Å². The van der Waals surface area contributed by atoms with E-state index in [0.29, 0.717) is 0 Å². The van der Waals surface area contributed by atoms with Crippen molar-refractivity contribution in [3.63, 3.8) is 0 Å². The number of ether oxygens (including phenoxy) is 1. The second-order valence-electron chi connectivity index (χ2n) is 27.7. The van der Waals surface area contributed by atoms with E-state index >= 15 is 0 Å². The van der Waals surface area contributed by atoms with Crippen LogP contribution in [0.15, 0.2) is 309 Å². The zero-order chi connectivity index (χ0) is 65.8. The largest absolute Gasteiger partial charge is 0.458 e. The molecule has 0 fully saturated rings. The fraction of sp³-hybridized carbons (Fsp3) is 0.0323. The number of rotatable bonds is 7. The lowest BCUT2D eigenvalue weighted by Crippen LogP contribution is -2.58. The molecule has 15 aromatic carbocycles. The summed E-state index contributed by atoms with van der Waals surface area (Å²) >= 11 is 0. The Hall–Kier alpha value is -12.8. The SMILES string of the molecule is Cc1cc(C)c(-c2ccc3c(c2)B2c4c(cc(-c5ccccc5-c5ccccc5)cc4-n4c5ccc(-n6c7ccccc7c7cc(-n8c9ccccc9c9ccccc98)ccc76)cc5c5cc(-n6c7ccccc7c7cc(-n8c9ccccc9c9ccccc98)ccc76)cc2c54)O3)c(C)c1. The fourth-order valence-electron chi connectivity index (χ4n) is 18.2. The number of hydrogen-bond acceptors (Lipinski definition) is 1. The first-order valence-electron chi connectivity index (χ1n) is 34.7. The van der Waals surface area contributed by atoms with E-state index in [0.717, 1.165) is 89.6 Å². The van der Waals surface area contributed by atoms with Crippen molar-refractivity contribution in [2.75, 3.05) is 0 Å². The maximum atomic E-state index is 7.51. The average molecular weight is 1270 g/mol. The third-order valence-electron chi connectivity index (χ3n) is 22.2. The van der Waals surface area contributed by atoms with Crippen LogP contribution < -0.4 is 21.1 Å². The van der Waals surface area contributed by atoms with Crippen LogP contribution in [0.5, 0.6) is 11.5 Å². The Morgan fingerprint density at radius 3 is 1.16 bits per heavy atom. The van der Waals surface area contributed by atoms with Crippen molar-refractivity contribution >= 4 is 132 Å². The molecular weight excluding hydrogens is 1210 g/mol. The predicted octanol–water partition coefficient (Wildman–Crippen LogP) is 22.0. The van der Waals surface area contributed by atoms with Crippen LogP contribution in [-0.2, 0) is 0 Å². The van der Waals surface area contributed by atoms with Crippen molar-refractivity contribution in [1.29, 1.82) is 0 Å². The van der Waals surface area contributed by atoms with Crippen LogP contribution in [0.2, 0.25) is 0 Å². The van der Waals surface area contributed by atoms with Gasteiger partial charge >= 0.3 is 0 Å². The van der Waals surface area contributed by atoms with Crippen molar-refractivity contribution in [2.45, 2.75) is 20.8 Å². The molecule has 5 aromatic heterocycles. The minimum atomic E-state index is -0.215. The highest BCUT2D eigenvalue weighted by atomic mass is 16.5. The van der Waals surface area contributed by atoms with Gasteiger partial charge in [0.15, 0.2) is 0 Å². The molecule has 20 aromatic rings. The van der Waals surface area contributed by atoms with Gasteiger partial charge in [0.05, 0.1) is 49.7 Å². The van der Waals surface area contributed by atoms with Gasteiger partial charge in [-0.1, -0.05) is 194 Å². The minimum Gasteiger partial charge on any atom is -0.458 e. The Morgan fingerprint density at radius 2 is 0.660 bits per heavy atom. The van der Waals surface area contributed by atoms with E-state index in [2.05, 4.69) is 353 Å². The van der Waals surface area contributed by atoms with Crippen molar-refractivity contribution < 1.29 is 4.74 Å². The normalized spacial score (nSPS) is 12.6. The van der Waals surface area contributed by atoms with E-state index in [1.54, 1.807) is 0 Å². The van der Waals surface area contributed by atoms with Gasteiger partial charge in [0, 0.05) is 87.8 Å². The van der Waals surface area contributed by atoms with Gasteiger partial charge in [0.25, 0.3) is 6.71 Å². The quantitative estimate of drug-likeness (QED) is 0.146. The van der Waals surface area contributed by atoms with E-state index in [4.69, 9.17) is 4.74 Å². The predicted molar refractivity (Wildman–Crippen MR) is 420 cm³/mol. The van der Waals surface area contributed by atoms with Crippen LogP contribution in [0, 0.1) is 20.8 Å². The third-order valence-corrected chi connectivity index (χ3v) is 22.2. The molecule has 2 aliphatic rings. The molecule has 100 heavy (non-hydrogen) atoms. The minimum absolute atomic E-state index is 0.215. The zero-order valence-electron chi connectivity index (χ0n) is 55.2. The molecule has 7 heterocycles. The molecule has 0 radical (unpaired) electrons. The summed E-state index contributed by atoms with van der Waals surface area (Å²) in [5.41, 5.74) is 31.7. The number of fused-ring (bicyclic) bond motifs is 19. The van der Waals surface area contributed by atoms with Crippen molar-refractivity contribution in [2.24, 2.45) is 0 Å². The number of para-hydroxylation sites is 6. The molecule has 0 unspecified atom stereocenters. The van der Waals surface area contributed by atoms with E-state index in [1.165, 1.54) is 126 Å². The molecule has 0 saturated carbocycles. The van der Waals surface area contributed by atoms with Gasteiger partial charge in [0.2, 0.25) is 0 Å². The molecule has 0 atom stereocenters. The van der Waals surface area contributed by atoms with Gasteiger partial charge in [-0.3, -0.25) is 0 Å². The summed E-state index contributed by atoms with van der Waals surface area (Å²) in [6, 6.07) is 116. The van der Waals surface area contributed by atoms with Crippen LogP contribution in [0.25, 0.3) is 171 Å². The molecule has 2 aliphatic heterocycles. The molecule has 0 aliphatic carbocycles. The van der Waals surface area contributed by atoms with Crippen LogP contribution in [-0.4, -0.2) is 29.5 Å². The Balaban J connectivity index is 0.836. The third kappa shape index (κ3) is 7.69. The maximum absolute atomic E-state index is 7.51. The Bertz CT molecular complexity index is 6860. The van der Waals surface area contributed by atoms with Gasteiger partial charge in [-0.25, -0.2) is 0 Å². The Labute approximate surface area is 576 Å². The average Bonchev–Trinajstić information content (AvgIpc) is 1.41. The summed E-state index contributed by atoms with van der Waals surface area (Å²) in [7, 11) is 0. The van der Waals surface area contributed by atoms with Gasteiger partial charge in [0.1, 0.15) is 11.5 Å². The van der Waals surface area contributed by atoms with E-state index in [-0.39, 0.29) is 6.71 Å². The first-order valence-corrected chi connectivity index (χ1v) is 34.7. The van der Waals surface area contributed by atoms with E-state index in [9.17, 15) is 0 Å². The fourth-order valence-corrected chi connectivity index (χ4v) is 18.2. The summed E-state index contributed by atoms with van der Waals surface area (Å²) in [6.45, 7) is 6.50. The molecule has 22 rings (SSSR count). The molecule has 0 N–H and O–H groups in total. The van der Waals surface area contributed by atoms with Crippen LogP contribution in [0.3, 0.4) is 0 Å². The molecule has 466 valence electrons. The zero-order valence-corrected chi connectivity index (χ0v) is 55.2. The second kappa shape index (κ2) is 20.6. The molecule has 0 bridgehead atoms. The lowest BCUT2D eigenvalue weighted by atomic mass is 9.34. The highest BCUT2D eigenvalue weighted by molar-refractivity contribution is 6.99. The summed E-state index contributed by atoms with van der Waals surface area (Å²) < 4.78 is 20.0. The summed E-state index contributed by atoms with van der Waals surface area (Å²) in [6.07, 6.45) is 0. The number of aromatic nitrogens is 5. The lowest BCUT2D eigenvalue weighted by molar-refractivity contribution is 0.487. The summed E-state index contributed by atoms with van der Waals surface area (Å²) in [5.74, 6) is 1.74. The van der Waals surface area contributed by atoms with Gasteiger partial charge < -0.3 is 27.6 Å². The number of benzene rings is 15. The second-order valence-corrected chi connectivity index (χ2v) is 27.7.